The third kappa shape index (κ3) is 4.03. The maximum Gasteiger partial charge on any atom is 0.237 e. The Hall–Kier alpha value is -2.15. The van der Waals surface area contributed by atoms with Crippen molar-refractivity contribution >= 4 is 11.8 Å². The fourth-order valence-corrected chi connectivity index (χ4v) is 2.98. The highest BCUT2D eigenvalue weighted by molar-refractivity contribution is 5.88. The van der Waals surface area contributed by atoms with Crippen molar-refractivity contribution in [3.05, 3.63) is 33.2 Å². The molecule has 0 aromatic carbocycles. The van der Waals surface area contributed by atoms with Gasteiger partial charge in [0.15, 0.2) is 5.43 Å². The number of aromatic nitrogens is 1. The number of H-pyrrole nitrogens is 1. The lowest BCUT2D eigenvalue weighted by Gasteiger charge is -2.37. The minimum Gasteiger partial charge on any atom is -0.363 e. The second kappa shape index (κ2) is 7.61. The average Bonchev–Trinajstić information content (AvgIpc) is 2.53. The van der Waals surface area contributed by atoms with E-state index in [-0.39, 0.29) is 36.3 Å². The molecule has 1 aromatic heterocycles. The summed E-state index contributed by atoms with van der Waals surface area (Å²) in [5, 5.41) is 5.61. The van der Waals surface area contributed by atoms with Crippen LogP contribution < -0.4 is 16.1 Å². The number of aryl methyl sites for hydroxylation is 1. The summed E-state index contributed by atoms with van der Waals surface area (Å²) in [5.74, 6) is -0.312. The van der Waals surface area contributed by atoms with Gasteiger partial charge in [-0.15, -0.1) is 0 Å². The molecule has 0 radical (unpaired) electrons. The number of nitrogens with zero attached hydrogens (tertiary/aromatic N) is 1. The third-order valence-electron chi connectivity index (χ3n) is 4.49. The molecule has 1 aliphatic rings. The lowest BCUT2D eigenvalue weighted by molar-refractivity contribution is -0.134. The molecular formula is C17H26N4O3. The first-order chi connectivity index (χ1) is 11.3. The number of pyridine rings is 1. The molecule has 0 spiro atoms. The maximum absolute atomic E-state index is 12.3. The molecule has 1 aliphatic heterocycles. The van der Waals surface area contributed by atoms with Gasteiger partial charge in [0.1, 0.15) is 0 Å². The number of carbonyl (C=O) groups excluding carboxylic acids is 2. The fraction of sp³-hybridized carbons (Fsp3) is 0.588. The molecule has 7 heteroatoms. The van der Waals surface area contributed by atoms with Gasteiger partial charge in [0.2, 0.25) is 11.8 Å². The molecule has 2 amide bonds. The normalized spacial score (nSPS) is 18.5. The van der Waals surface area contributed by atoms with Gasteiger partial charge in [-0.1, -0.05) is 0 Å². The largest absolute Gasteiger partial charge is 0.363 e. The van der Waals surface area contributed by atoms with Crippen LogP contribution in [0.25, 0.3) is 0 Å². The van der Waals surface area contributed by atoms with Crippen molar-refractivity contribution < 1.29 is 9.59 Å². The number of amides is 2. The Labute approximate surface area is 141 Å². The first-order valence-corrected chi connectivity index (χ1v) is 8.29. The smallest absolute Gasteiger partial charge is 0.237 e. The van der Waals surface area contributed by atoms with Crippen molar-refractivity contribution in [2.45, 2.75) is 52.7 Å². The van der Waals surface area contributed by atoms with Crippen molar-refractivity contribution in [2.75, 3.05) is 13.1 Å². The van der Waals surface area contributed by atoms with Crippen LogP contribution in [0.3, 0.4) is 0 Å². The zero-order valence-electron chi connectivity index (χ0n) is 14.7. The summed E-state index contributed by atoms with van der Waals surface area (Å²) in [6, 6.07) is -0.249. The molecular weight excluding hydrogens is 308 g/mol. The van der Waals surface area contributed by atoms with E-state index in [2.05, 4.69) is 15.6 Å². The molecule has 1 aromatic rings. The predicted octanol–water partition coefficient (Wildman–Crippen LogP) is 0.207. The molecule has 1 unspecified atom stereocenters. The van der Waals surface area contributed by atoms with Crippen molar-refractivity contribution in [3.63, 3.8) is 0 Å². The zero-order valence-corrected chi connectivity index (χ0v) is 14.7. The van der Waals surface area contributed by atoms with Gasteiger partial charge in [-0.05, 0) is 27.7 Å². The quantitative estimate of drug-likeness (QED) is 0.717. The highest BCUT2D eigenvalue weighted by atomic mass is 16.2. The monoisotopic (exact) mass is 334 g/mol. The summed E-state index contributed by atoms with van der Waals surface area (Å²) in [5.41, 5.74) is 1.92. The second-order valence-corrected chi connectivity index (χ2v) is 6.52. The molecule has 0 bridgehead atoms. The summed E-state index contributed by atoms with van der Waals surface area (Å²) < 4.78 is 0. The van der Waals surface area contributed by atoms with Gasteiger partial charge in [-0.2, -0.15) is 0 Å². The van der Waals surface area contributed by atoms with Gasteiger partial charge in [-0.25, -0.2) is 0 Å². The topological polar surface area (TPSA) is 94.3 Å². The molecule has 7 nitrogen and oxygen atoms in total. The first kappa shape index (κ1) is 18.2. The summed E-state index contributed by atoms with van der Waals surface area (Å²) in [7, 11) is 0. The summed E-state index contributed by atoms with van der Waals surface area (Å²) >= 11 is 0. The molecule has 132 valence electrons. The van der Waals surface area contributed by atoms with Crippen LogP contribution in [0.15, 0.2) is 11.0 Å². The molecule has 24 heavy (non-hydrogen) atoms. The second-order valence-electron chi connectivity index (χ2n) is 6.52. The van der Waals surface area contributed by atoms with Crippen LogP contribution in [0.2, 0.25) is 0 Å². The average molecular weight is 334 g/mol. The van der Waals surface area contributed by atoms with Crippen LogP contribution in [0, 0.1) is 13.8 Å². The van der Waals surface area contributed by atoms with E-state index in [9.17, 15) is 14.4 Å². The minimum atomic E-state index is -0.447. The molecule has 1 atom stereocenters. The van der Waals surface area contributed by atoms with Crippen LogP contribution in [0.1, 0.15) is 37.1 Å². The maximum atomic E-state index is 12.3. The molecule has 2 heterocycles. The highest BCUT2D eigenvalue weighted by Crippen LogP contribution is 2.12. The molecule has 0 saturated carbocycles. The zero-order chi connectivity index (χ0) is 17.9. The lowest BCUT2D eigenvalue weighted by atomic mass is 10.1. The van der Waals surface area contributed by atoms with Gasteiger partial charge in [-0.3, -0.25) is 19.3 Å². The van der Waals surface area contributed by atoms with Crippen molar-refractivity contribution in [3.8, 4) is 0 Å². The fourth-order valence-electron chi connectivity index (χ4n) is 2.98. The van der Waals surface area contributed by atoms with E-state index < -0.39 is 6.04 Å². The van der Waals surface area contributed by atoms with E-state index in [4.69, 9.17) is 0 Å². The summed E-state index contributed by atoms with van der Waals surface area (Å²) in [4.78, 5) is 41.3. The SMILES string of the molecule is Cc1c[nH]c(CNC(=O)CC2C(=O)NCCN2C(C)C)c(C)c1=O. The standard InChI is InChI=1S/C17H26N4O3/c1-10(2)21-6-5-18-17(24)14(21)7-15(22)20-9-13-12(4)16(23)11(3)8-19-13/h8,10,14H,5-7,9H2,1-4H3,(H,18,24)(H,19,23)(H,20,22). The Balaban J connectivity index is 1.99. The number of piperazine rings is 1. The van der Waals surface area contributed by atoms with Crippen LogP contribution in [-0.4, -0.2) is 46.9 Å². The van der Waals surface area contributed by atoms with Crippen LogP contribution >= 0.6 is 0 Å². The first-order valence-electron chi connectivity index (χ1n) is 8.29. The number of rotatable bonds is 5. The van der Waals surface area contributed by atoms with Crippen molar-refractivity contribution in [1.82, 2.24) is 20.5 Å². The van der Waals surface area contributed by atoms with E-state index in [1.807, 2.05) is 18.7 Å². The molecule has 3 N–H and O–H groups in total. The number of hydrogen-bond donors (Lipinski definition) is 3. The van der Waals surface area contributed by atoms with Gasteiger partial charge in [0, 0.05) is 42.1 Å². The molecule has 1 saturated heterocycles. The Kier molecular flexibility index (Phi) is 5.77. The van der Waals surface area contributed by atoms with Crippen LogP contribution in [0.4, 0.5) is 0 Å². The number of carbonyl (C=O) groups is 2. The van der Waals surface area contributed by atoms with E-state index >= 15 is 0 Å². The molecule has 2 rings (SSSR count). The highest BCUT2D eigenvalue weighted by Gasteiger charge is 2.32. The number of aromatic amines is 1. The van der Waals surface area contributed by atoms with Gasteiger partial charge < -0.3 is 15.6 Å². The Morgan fingerprint density at radius 2 is 2.08 bits per heavy atom. The van der Waals surface area contributed by atoms with Crippen LogP contribution in [0.5, 0.6) is 0 Å². The summed E-state index contributed by atoms with van der Waals surface area (Å²) in [6.45, 7) is 9.12. The van der Waals surface area contributed by atoms with Crippen molar-refractivity contribution in [1.29, 1.82) is 0 Å². The van der Waals surface area contributed by atoms with Gasteiger partial charge >= 0.3 is 0 Å². The Bertz CT molecular complexity index is 681. The lowest BCUT2D eigenvalue weighted by Crippen LogP contribution is -2.58. The predicted molar refractivity (Wildman–Crippen MR) is 91.6 cm³/mol. The van der Waals surface area contributed by atoms with E-state index in [0.29, 0.717) is 23.4 Å². The molecule has 1 fully saturated rings. The van der Waals surface area contributed by atoms with E-state index in [1.54, 1.807) is 20.0 Å². The van der Waals surface area contributed by atoms with Gasteiger partial charge in [0.05, 0.1) is 19.0 Å². The third-order valence-corrected chi connectivity index (χ3v) is 4.49. The van der Waals surface area contributed by atoms with E-state index in [1.165, 1.54) is 0 Å². The summed E-state index contributed by atoms with van der Waals surface area (Å²) in [6.07, 6.45) is 1.76. The Morgan fingerprint density at radius 1 is 1.38 bits per heavy atom. The van der Waals surface area contributed by atoms with Crippen molar-refractivity contribution in [2.24, 2.45) is 0 Å². The number of hydrogen-bond acceptors (Lipinski definition) is 4. The van der Waals surface area contributed by atoms with E-state index in [0.717, 1.165) is 6.54 Å². The van der Waals surface area contributed by atoms with Gasteiger partial charge in [0.25, 0.3) is 0 Å². The van der Waals surface area contributed by atoms with Crippen LogP contribution in [-0.2, 0) is 16.1 Å². The minimum absolute atomic E-state index is 0.0179. The number of nitrogens with one attached hydrogen (secondary N) is 3. The Morgan fingerprint density at radius 3 is 2.75 bits per heavy atom. The molecule has 0 aliphatic carbocycles.